The van der Waals surface area contributed by atoms with E-state index in [1.165, 1.54) is 16.8 Å². The van der Waals surface area contributed by atoms with Crippen molar-refractivity contribution in [1.29, 1.82) is 0 Å². The fraction of sp³-hybridized carbons (Fsp3) is 0.400. The number of hydrogen-bond donors (Lipinski definition) is 0. The molecular formula is C15H18N4. The number of nitrogens with zero attached hydrogens (tertiary/aromatic N) is 4. The van der Waals surface area contributed by atoms with Crippen molar-refractivity contribution in [2.45, 2.75) is 26.3 Å². The minimum absolute atomic E-state index is 0.967. The summed E-state index contributed by atoms with van der Waals surface area (Å²) in [5.41, 5.74) is 4.97. The van der Waals surface area contributed by atoms with Gasteiger partial charge in [-0.05, 0) is 30.5 Å². The predicted molar refractivity (Wildman–Crippen MR) is 73.7 cm³/mol. The van der Waals surface area contributed by atoms with Gasteiger partial charge in [-0.1, -0.05) is 6.07 Å². The van der Waals surface area contributed by atoms with Gasteiger partial charge in [-0.3, -0.25) is 9.88 Å². The fourth-order valence-electron chi connectivity index (χ4n) is 2.64. The van der Waals surface area contributed by atoms with Gasteiger partial charge in [-0.15, -0.1) is 0 Å². The largest absolute Gasteiger partial charge is 0.298 e. The smallest absolute Gasteiger partial charge is 0.115 e. The zero-order valence-corrected chi connectivity index (χ0v) is 11.2. The van der Waals surface area contributed by atoms with Gasteiger partial charge in [0.05, 0.1) is 0 Å². The molecule has 0 fully saturated rings. The lowest BCUT2D eigenvalue weighted by Crippen LogP contribution is -2.26. The van der Waals surface area contributed by atoms with Crippen molar-refractivity contribution in [3.63, 3.8) is 0 Å². The summed E-state index contributed by atoms with van der Waals surface area (Å²) in [5, 5.41) is 0. The van der Waals surface area contributed by atoms with Crippen LogP contribution in [0.4, 0.5) is 0 Å². The molecule has 4 nitrogen and oxygen atoms in total. The standard InChI is InChI=1S/C15H18N4/c1-12-14-4-7-19(8-5-15(14)18-11-17-12)10-13-3-2-6-16-9-13/h2-3,6,9,11H,4-5,7-8,10H2,1H3. The summed E-state index contributed by atoms with van der Waals surface area (Å²) in [7, 11) is 0. The molecule has 0 aromatic carbocycles. The van der Waals surface area contributed by atoms with E-state index in [1.807, 2.05) is 18.5 Å². The van der Waals surface area contributed by atoms with Gasteiger partial charge >= 0.3 is 0 Å². The van der Waals surface area contributed by atoms with E-state index in [-0.39, 0.29) is 0 Å². The van der Waals surface area contributed by atoms with Crippen molar-refractivity contribution in [3.05, 3.63) is 53.4 Å². The van der Waals surface area contributed by atoms with E-state index in [0.29, 0.717) is 0 Å². The fourth-order valence-corrected chi connectivity index (χ4v) is 2.64. The summed E-state index contributed by atoms with van der Waals surface area (Å²) >= 11 is 0. The maximum Gasteiger partial charge on any atom is 0.115 e. The molecule has 19 heavy (non-hydrogen) atoms. The minimum Gasteiger partial charge on any atom is -0.298 e. The van der Waals surface area contributed by atoms with Crippen LogP contribution in [0.1, 0.15) is 22.5 Å². The van der Waals surface area contributed by atoms with Gasteiger partial charge in [-0.2, -0.15) is 0 Å². The van der Waals surface area contributed by atoms with Gasteiger partial charge in [-0.25, -0.2) is 9.97 Å². The van der Waals surface area contributed by atoms with Crippen LogP contribution in [-0.2, 0) is 19.4 Å². The molecule has 0 spiro atoms. The summed E-state index contributed by atoms with van der Waals surface area (Å²) in [6.45, 7) is 5.17. The van der Waals surface area contributed by atoms with Crippen molar-refractivity contribution in [3.8, 4) is 0 Å². The third kappa shape index (κ3) is 2.79. The lowest BCUT2D eigenvalue weighted by molar-refractivity contribution is 0.278. The van der Waals surface area contributed by atoms with Crippen molar-refractivity contribution in [2.75, 3.05) is 13.1 Å². The molecule has 1 aliphatic heterocycles. The van der Waals surface area contributed by atoms with E-state index in [0.717, 1.165) is 38.2 Å². The number of aromatic nitrogens is 3. The number of rotatable bonds is 2. The Morgan fingerprint density at radius 3 is 2.95 bits per heavy atom. The van der Waals surface area contributed by atoms with Crippen LogP contribution in [0.5, 0.6) is 0 Å². The van der Waals surface area contributed by atoms with Crippen molar-refractivity contribution < 1.29 is 0 Å². The normalized spacial score (nSPS) is 15.8. The molecule has 4 heteroatoms. The van der Waals surface area contributed by atoms with Crippen LogP contribution < -0.4 is 0 Å². The Bertz CT molecular complexity index is 553. The summed E-state index contributed by atoms with van der Waals surface area (Å²) < 4.78 is 0. The van der Waals surface area contributed by atoms with Crippen LogP contribution in [0, 0.1) is 6.92 Å². The lowest BCUT2D eigenvalue weighted by Gasteiger charge is -2.19. The first kappa shape index (κ1) is 12.2. The highest BCUT2D eigenvalue weighted by Crippen LogP contribution is 2.17. The van der Waals surface area contributed by atoms with E-state index in [9.17, 15) is 0 Å². The Morgan fingerprint density at radius 1 is 1.21 bits per heavy atom. The van der Waals surface area contributed by atoms with Crippen LogP contribution in [0.3, 0.4) is 0 Å². The summed E-state index contributed by atoms with van der Waals surface area (Å²) in [6.07, 6.45) is 7.51. The van der Waals surface area contributed by atoms with Crippen LogP contribution in [0.2, 0.25) is 0 Å². The highest BCUT2D eigenvalue weighted by Gasteiger charge is 2.16. The quantitative estimate of drug-likeness (QED) is 0.819. The van der Waals surface area contributed by atoms with Crippen LogP contribution in [0.15, 0.2) is 30.9 Å². The molecule has 2 aromatic rings. The van der Waals surface area contributed by atoms with Gasteiger partial charge in [0.25, 0.3) is 0 Å². The molecule has 0 saturated carbocycles. The Hall–Kier alpha value is -1.81. The minimum atomic E-state index is 0.967. The molecule has 98 valence electrons. The number of pyridine rings is 1. The number of aryl methyl sites for hydroxylation is 1. The molecule has 0 bridgehead atoms. The second-order valence-electron chi connectivity index (χ2n) is 5.02. The first-order valence-electron chi connectivity index (χ1n) is 6.73. The van der Waals surface area contributed by atoms with E-state index >= 15 is 0 Å². The predicted octanol–water partition coefficient (Wildman–Crippen LogP) is 1.78. The Labute approximate surface area is 113 Å². The molecule has 2 aromatic heterocycles. The molecule has 0 unspecified atom stereocenters. The van der Waals surface area contributed by atoms with Gasteiger partial charge < -0.3 is 0 Å². The summed E-state index contributed by atoms with van der Waals surface area (Å²) in [4.78, 5) is 15.4. The molecule has 0 N–H and O–H groups in total. The zero-order valence-electron chi connectivity index (χ0n) is 11.2. The zero-order chi connectivity index (χ0) is 13.1. The molecule has 0 atom stereocenters. The second kappa shape index (κ2) is 5.45. The van der Waals surface area contributed by atoms with Gasteiger partial charge in [0.2, 0.25) is 0 Å². The van der Waals surface area contributed by atoms with Crippen molar-refractivity contribution >= 4 is 0 Å². The Balaban J connectivity index is 1.72. The molecular weight excluding hydrogens is 236 g/mol. The molecule has 0 radical (unpaired) electrons. The third-order valence-electron chi connectivity index (χ3n) is 3.72. The topological polar surface area (TPSA) is 41.9 Å². The summed E-state index contributed by atoms with van der Waals surface area (Å²) in [5.74, 6) is 0. The molecule has 3 rings (SSSR count). The lowest BCUT2D eigenvalue weighted by atomic mass is 10.1. The number of hydrogen-bond acceptors (Lipinski definition) is 4. The number of fused-ring (bicyclic) bond motifs is 1. The molecule has 1 aliphatic rings. The SMILES string of the molecule is Cc1ncnc2c1CCN(Cc1cccnc1)CC2. The molecule has 0 aliphatic carbocycles. The highest BCUT2D eigenvalue weighted by molar-refractivity contribution is 5.25. The summed E-state index contributed by atoms with van der Waals surface area (Å²) in [6, 6.07) is 4.13. The van der Waals surface area contributed by atoms with Crippen LogP contribution >= 0.6 is 0 Å². The Kier molecular flexibility index (Phi) is 3.51. The molecule has 3 heterocycles. The molecule has 0 amide bonds. The highest BCUT2D eigenvalue weighted by atomic mass is 15.1. The van der Waals surface area contributed by atoms with Gasteiger partial charge in [0.1, 0.15) is 6.33 Å². The average Bonchev–Trinajstić information content (AvgIpc) is 2.64. The monoisotopic (exact) mass is 254 g/mol. The Morgan fingerprint density at radius 2 is 2.11 bits per heavy atom. The van der Waals surface area contributed by atoms with E-state index < -0.39 is 0 Å². The first-order valence-corrected chi connectivity index (χ1v) is 6.73. The van der Waals surface area contributed by atoms with Crippen LogP contribution in [-0.4, -0.2) is 32.9 Å². The maximum atomic E-state index is 4.43. The van der Waals surface area contributed by atoms with E-state index in [2.05, 4.69) is 32.8 Å². The van der Waals surface area contributed by atoms with E-state index in [4.69, 9.17) is 0 Å². The maximum absolute atomic E-state index is 4.43. The second-order valence-corrected chi connectivity index (χ2v) is 5.02. The van der Waals surface area contributed by atoms with Crippen molar-refractivity contribution in [2.24, 2.45) is 0 Å². The molecule has 0 saturated heterocycles. The van der Waals surface area contributed by atoms with Gasteiger partial charge in [0, 0.05) is 49.8 Å². The van der Waals surface area contributed by atoms with Crippen LogP contribution in [0.25, 0.3) is 0 Å². The van der Waals surface area contributed by atoms with Gasteiger partial charge in [0.15, 0.2) is 0 Å². The third-order valence-corrected chi connectivity index (χ3v) is 3.72. The van der Waals surface area contributed by atoms with Crippen molar-refractivity contribution in [1.82, 2.24) is 19.9 Å². The van der Waals surface area contributed by atoms with E-state index in [1.54, 1.807) is 6.33 Å². The first-order chi connectivity index (χ1) is 9.33. The average molecular weight is 254 g/mol.